The van der Waals surface area contributed by atoms with E-state index in [1.807, 2.05) is 31.2 Å². The van der Waals surface area contributed by atoms with E-state index in [0.717, 1.165) is 11.1 Å². The highest BCUT2D eigenvalue weighted by Gasteiger charge is 2.15. The van der Waals surface area contributed by atoms with Gasteiger partial charge in [-0.25, -0.2) is 14.5 Å². The van der Waals surface area contributed by atoms with Crippen LogP contribution in [-0.2, 0) is 20.6 Å². The van der Waals surface area contributed by atoms with Crippen LogP contribution in [0.3, 0.4) is 0 Å². The highest BCUT2D eigenvalue weighted by molar-refractivity contribution is 7.99. The largest absolute Gasteiger partial charge is 0.335 e. The lowest BCUT2D eigenvalue weighted by Crippen LogP contribution is -2.39. The van der Waals surface area contributed by atoms with Crippen LogP contribution in [0.2, 0.25) is 0 Å². The number of hydrogen-bond donors (Lipinski definition) is 1. The van der Waals surface area contributed by atoms with Gasteiger partial charge in [0, 0.05) is 32.0 Å². The SMILES string of the molecule is Cc1ccc(-c2nnc(SCCCn3c(=O)c4c(ncn4C)n(C)c3=O)n2N)cc1. The molecule has 0 unspecified atom stereocenters. The van der Waals surface area contributed by atoms with Gasteiger partial charge in [-0.1, -0.05) is 41.6 Å². The molecule has 30 heavy (non-hydrogen) atoms. The third-order valence-electron chi connectivity index (χ3n) is 4.93. The molecule has 1 aromatic carbocycles. The molecule has 0 aliphatic carbocycles. The fourth-order valence-electron chi connectivity index (χ4n) is 3.25. The zero-order valence-corrected chi connectivity index (χ0v) is 17.8. The van der Waals surface area contributed by atoms with Crippen molar-refractivity contribution in [1.29, 1.82) is 0 Å². The predicted octanol–water partition coefficient (Wildman–Crippen LogP) is 0.897. The maximum atomic E-state index is 12.7. The van der Waals surface area contributed by atoms with Gasteiger partial charge in [0.05, 0.1) is 6.33 Å². The molecular formula is C19H22N8O2S. The van der Waals surface area contributed by atoms with Crippen molar-refractivity contribution in [2.75, 3.05) is 11.6 Å². The number of imidazole rings is 1. The van der Waals surface area contributed by atoms with Crippen LogP contribution in [0.15, 0.2) is 45.3 Å². The van der Waals surface area contributed by atoms with Gasteiger partial charge in [0.1, 0.15) is 0 Å². The van der Waals surface area contributed by atoms with Crippen LogP contribution in [-0.4, -0.2) is 39.3 Å². The van der Waals surface area contributed by atoms with Gasteiger partial charge < -0.3 is 10.4 Å². The molecule has 0 radical (unpaired) electrons. The number of fused-ring (bicyclic) bond motifs is 1. The molecule has 0 fully saturated rings. The molecule has 156 valence electrons. The molecule has 4 aromatic rings. The van der Waals surface area contributed by atoms with Crippen molar-refractivity contribution in [3.63, 3.8) is 0 Å². The van der Waals surface area contributed by atoms with E-state index in [1.165, 1.54) is 31.9 Å². The van der Waals surface area contributed by atoms with Crippen LogP contribution < -0.4 is 17.1 Å². The number of nitrogens with zero attached hydrogens (tertiary/aromatic N) is 7. The molecule has 0 aliphatic rings. The summed E-state index contributed by atoms with van der Waals surface area (Å²) < 4.78 is 5.73. The molecule has 0 amide bonds. The average molecular weight is 427 g/mol. The molecule has 0 aliphatic heterocycles. The summed E-state index contributed by atoms with van der Waals surface area (Å²) >= 11 is 1.43. The van der Waals surface area contributed by atoms with Gasteiger partial charge in [-0.15, -0.1) is 10.2 Å². The Morgan fingerprint density at radius 2 is 1.83 bits per heavy atom. The first kappa shape index (κ1) is 20.0. The second kappa shape index (κ2) is 7.82. The Morgan fingerprint density at radius 3 is 2.57 bits per heavy atom. The zero-order chi connectivity index (χ0) is 21.4. The summed E-state index contributed by atoms with van der Waals surface area (Å²) in [4.78, 5) is 29.4. The Balaban J connectivity index is 1.46. The fourth-order valence-corrected chi connectivity index (χ4v) is 4.03. The summed E-state index contributed by atoms with van der Waals surface area (Å²) in [5, 5.41) is 8.91. The van der Waals surface area contributed by atoms with Crippen LogP contribution in [0.1, 0.15) is 12.0 Å². The van der Waals surface area contributed by atoms with Crippen LogP contribution in [0.5, 0.6) is 0 Å². The molecule has 0 bridgehead atoms. The number of benzene rings is 1. The summed E-state index contributed by atoms with van der Waals surface area (Å²) in [5.41, 5.74) is 2.14. The minimum atomic E-state index is -0.375. The zero-order valence-electron chi connectivity index (χ0n) is 16.9. The molecule has 3 aromatic heterocycles. The molecular weight excluding hydrogens is 404 g/mol. The number of aromatic nitrogens is 7. The number of thioether (sulfide) groups is 1. The average Bonchev–Trinajstić information content (AvgIpc) is 3.29. The van der Waals surface area contributed by atoms with Crippen molar-refractivity contribution in [3.8, 4) is 11.4 Å². The lowest BCUT2D eigenvalue weighted by atomic mass is 10.1. The van der Waals surface area contributed by atoms with Gasteiger partial charge in [-0.2, -0.15) is 0 Å². The van der Waals surface area contributed by atoms with Gasteiger partial charge in [0.15, 0.2) is 17.0 Å². The Hall–Kier alpha value is -3.34. The van der Waals surface area contributed by atoms with Crippen molar-refractivity contribution in [2.24, 2.45) is 14.1 Å². The van der Waals surface area contributed by atoms with E-state index in [2.05, 4.69) is 15.2 Å². The Bertz CT molecular complexity index is 1330. The van der Waals surface area contributed by atoms with Crippen LogP contribution in [0.25, 0.3) is 22.6 Å². The summed E-state index contributed by atoms with van der Waals surface area (Å²) in [6.45, 7) is 2.31. The Labute approximate surface area is 175 Å². The fraction of sp³-hybridized carbons (Fsp3) is 0.316. The van der Waals surface area contributed by atoms with Crippen molar-refractivity contribution >= 4 is 22.9 Å². The molecule has 3 heterocycles. The summed E-state index contributed by atoms with van der Waals surface area (Å²) in [7, 11) is 3.35. The smallest absolute Gasteiger partial charge is 0.332 e. The summed E-state index contributed by atoms with van der Waals surface area (Å²) in [5.74, 6) is 7.37. The summed E-state index contributed by atoms with van der Waals surface area (Å²) in [6.07, 6.45) is 2.13. The molecule has 0 spiro atoms. The maximum Gasteiger partial charge on any atom is 0.332 e. The minimum absolute atomic E-state index is 0.295. The van der Waals surface area contributed by atoms with E-state index in [-0.39, 0.29) is 11.2 Å². The van der Waals surface area contributed by atoms with Gasteiger partial charge in [0.25, 0.3) is 5.56 Å². The normalized spacial score (nSPS) is 11.4. The van der Waals surface area contributed by atoms with Crippen molar-refractivity contribution < 1.29 is 0 Å². The number of nitrogen functional groups attached to an aromatic ring is 1. The van der Waals surface area contributed by atoms with Crippen molar-refractivity contribution in [3.05, 3.63) is 57.0 Å². The van der Waals surface area contributed by atoms with E-state index in [9.17, 15) is 9.59 Å². The van der Waals surface area contributed by atoms with E-state index in [4.69, 9.17) is 5.84 Å². The second-order valence-corrected chi connectivity index (χ2v) is 8.13. The molecule has 0 saturated heterocycles. The van der Waals surface area contributed by atoms with Crippen molar-refractivity contribution in [2.45, 2.75) is 25.0 Å². The quantitative estimate of drug-likeness (QED) is 0.276. The lowest BCUT2D eigenvalue weighted by molar-refractivity contribution is 0.594. The van der Waals surface area contributed by atoms with Gasteiger partial charge in [-0.3, -0.25) is 13.9 Å². The Kier molecular flexibility index (Phi) is 5.20. The van der Waals surface area contributed by atoms with Crippen LogP contribution in [0.4, 0.5) is 0 Å². The highest BCUT2D eigenvalue weighted by Crippen LogP contribution is 2.22. The Morgan fingerprint density at radius 1 is 1.10 bits per heavy atom. The topological polar surface area (TPSA) is 119 Å². The van der Waals surface area contributed by atoms with Gasteiger partial charge >= 0.3 is 5.69 Å². The van der Waals surface area contributed by atoms with Crippen molar-refractivity contribution in [1.82, 2.24) is 33.6 Å². The highest BCUT2D eigenvalue weighted by atomic mass is 32.2. The predicted molar refractivity (Wildman–Crippen MR) is 116 cm³/mol. The minimum Gasteiger partial charge on any atom is -0.335 e. The number of aryl methyl sites for hydroxylation is 3. The van der Waals surface area contributed by atoms with E-state index < -0.39 is 0 Å². The van der Waals surface area contributed by atoms with Gasteiger partial charge in [-0.05, 0) is 13.3 Å². The number of nitrogens with two attached hydrogens (primary N) is 1. The first-order valence-electron chi connectivity index (χ1n) is 9.39. The lowest BCUT2D eigenvalue weighted by Gasteiger charge is -2.08. The van der Waals surface area contributed by atoms with E-state index in [1.54, 1.807) is 18.7 Å². The maximum absolute atomic E-state index is 12.7. The third kappa shape index (κ3) is 3.41. The molecule has 10 nitrogen and oxygen atoms in total. The second-order valence-electron chi connectivity index (χ2n) is 7.07. The standard InChI is InChI=1S/C19H22N8O2S/c1-12-5-7-13(8-6-12)15-22-23-18(27(15)20)30-10-4-9-26-17(28)14-16(21-11-24(14)2)25(3)19(26)29/h5-8,11H,4,9-10,20H2,1-3H3. The number of hydrogen-bond acceptors (Lipinski definition) is 7. The molecule has 4 rings (SSSR count). The molecule has 0 saturated carbocycles. The van der Waals surface area contributed by atoms with E-state index >= 15 is 0 Å². The first-order valence-corrected chi connectivity index (χ1v) is 10.4. The summed E-state index contributed by atoms with van der Waals surface area (Å²) in [6, 6.07) is 7.89. The monoisotopic (exact) mass is 426 g/mol. The molecule has 11 heteroatoms. The van der Waals surface area contributed by atoms with Gasteiger partial charge in [0.2, 0.25) is 5.16 Å². The van der Waals surface area contributed by atoms with Crippen LogP contribution >= 0.6 is 11.8 Å². The molecule has 2 N–H and O–H groups in total. The van der Waals surface area contributed by atoms with Crippen LogP contribution in [0, 0.1) is 6.92 Å². The molecule has 0 atom stereocenters. The number of rotatable bonds is 6. The third-order valence-corrected chi connectivity index (χ3v) is 5.96. The van der Waals surface area contributed by atoms with E-state index in [0.29, 0.717) is 40.9 Å². The first-order chi connectivity index (χ1) is 14.4.